The van der Waals surface area contributed by atoms with E-state index in [1.165, 1.54) is 11.1 Å². The lowest BCUT2D eigenvalue weighted by atomic mass is 10.0. The lowest BCUT2D eigenvalue weighted by Crippen LogP contribution is -2.01. The minimum Gasteiger partial charge on any atom is -0.369 e. The zero-order valence-electron chi connectivity index (χ0n) is 10.5. The van der Waals surface area contributed by atoms with E-state index in [9.17, 15) is 0 Å². The molecule has 88 valence electrons. The maximum Gasteiger partial charge on any atom is 0.145 e. The summed E-state index contributed by atoms with van der Waals surface area (Å²) in [6, 6.07) is 6.37. The van der Waals surface area contributed by atoms with E-state index in [4.69, 9.17) is 0 Å². The standard InChI is InChI=1S/C14H17N3/c1-4-16-14-9-15-8-13(17-14)12-6-5-10(2)7-11(12)3/h5-9H,4H2,1-3H3,(H,16,17). The predicted octanol–water partition coefficient (Wildman–Crippen LogP) is 3.19. The largest absolute Gasteiger partial charge is 0.369 e. The van der Waals surface area contributed by atoms with Crippen molar-refractivity contribution in [2.24, 2.45) is 0 Å². The molecule has 0 atom stereocenters. The lowest BCUT2D eigenvalue weighted by Gasteiger charge is -2.08. The van der Waals surface area contributed by atoms with Crippen LogP contribution < -0.4 is 5.32 Å². The van der Waals surface area contributed by atoms with Gasteiger partial charge < -0.3 is 5.32 Å². The Hall–Kier alpha value is -1.90. The van der Waals surface area contributed by atoms with Crippen LogP contribution in [0.5, 0.6) is 0 Å². The van der Waals surface area contributed by atoms with Crippen LogP contribution in [-0.4, -0.2) is 16.5 Å². The summed E-state index contributed by atoms with van der Waals surface area (Å²) >= 11 is 0. The van der Waals surface area contributed by atoms with Gasteiger partial charge in [-0.3, -0.25) is 4.98 Å². The van der Waals surface area contributed by atoms with E-state index in [1.54, 1.807) is 12.4 Å². The highest BCUT2D eigenvalue weighted by Crippen LogP contribution is 2.22. The van der Waals surface area contributed by atoms with Gasteiger partial charge in [0.25, 0.3) is 0 Å². The third-order valence-electron chi connectivity index (χ3n) is 2.65. The van der Waals surface area contributed by atoms with Gasteiger partial charge in [0.15, 0.2) is 0 Å². The molecule has 2 rings (SSSR count). The molecule has 0 aliphatic rings. The molecule has 1 N–H and O–H groups in total. The number of nitrogens with one attached hydrogen (secondary N) is 1. The van der Waals surface area contributed by atoms with Crippen molar-refractivity contribution < 1.29 is 0 Å². The van der Waals surface area contributed by atoms with Gasteiger partial charge in [-0.2, -0.15) is 0 Å². The first-order valence-corrected chi connectivity index (χ1v) is 5.84. The fourth-order valence-electron chi connectivity index (χ4n) is 1.86. The zero-order valence-corrected chi connectivity index (χ0v) is 10.5. The predicted molar refractivity (Wildman–Crippen MR) is 71.1 cm³/mol. The first kappa shape index (κ1) is 11.6. The second-order valence-corrected chi connectivity index (χ2v) is 4.14. The van der Waals surface area contributed by atoms with Crippen molar-refractivity contribution in [3.8, 4) is 11.3 Å². The Morgan fingerprint density at radius 1 is 1.18 bits per heavy atom. The molecular weight excluding hydrogens is 210 g/mol. The number of aryl methyl sites for hydroxylation is 2. The van der Waals surface area contributed by atoms with Gasteiger partial charge >= 0.3 is 0 Å². The number of rotatable bonds is 3. The smallest absolute Gasteiger partial charge is 0.145 e. The van der Waals surface area contributed by atoms with Gasteiger partial charge in [0.2, 0.25) is 0 Å². The number of hydrogen-bond acceptors (Lipinski definition) is 3. The molecular formula is C14H17N3. The molecule has 0 radical (unpaired) electrons. The highest BCUT2D eigenvalue weighted by molar-refractivity contribution is 5.64. The lowest BCUT2D eigenvalue weighted by molar-refractivity contribution is 1.12. The average Bonchev–Trinajstić information content (AvgIpc) is 2.29. The van der Waals surface area contributed by atoms with Crippen LogP contribution in [0.25, 0.3) is 11.3 Å². The summed E-state index contributed by atoms with van der Waals surface area (Å²) in [5, 5.41) is 3.17. The molecule has 3 heteroatoms. The molecule has 0 spiro atoms. The number of anilines is 1. The van der Waals surface area contributed by atoms with E-state index in [0.717, 1.165) is 23.6 Å². The molecule has 0 bridgehead atoms. The number of hydrogen-bond donors (Lipinski definition) is 1. The highest BCUT2D eigenvalue weighted by Gasteiger charge is 2.04. The van der Waals surface area contributed by atoms with Crippen LogP contribution in [0.3, 0.4) is 0 Å². The summed E-state index contributed by atoms with van der Waals surface area (Å²) in [7, 11) is 0. The van der Waals surface area contributed by atoms with Crippen LogP contribution in [0, 0.1) is 13.8 Å². The van der Waals surface area contributed by atoms with E-state index >= 15 is 0 Å². The van der Waals surface area contributed by atoms with Gasteiger partial charge in [-0.1, -0.05) is 23.8 Å². The molecule has 2 aromatic rings. The molecule has 3 nitrogen and oxygen atoms in total. The molecule has 0 fully saturated rings. The fraction of sp³-hybridized carbons (Fsp3) is 0.286. The van der Waals surface area contributed by atoms with Gasteiger partial charge in [0, 0.05) is 12.1 Å². The Balaban J connectivity index is 2.42. The molecule has 1 heterocycles. The minimum absolute atomic E-state index is 0.824. The molecule has 1 aromatic heterocycles. The topological polar surface area (TPSA) is 37.8 Å². The number of aromatic nitrogens is 2. The summed E-state index contributed by atoms with van der Waals surface area (Å²) in [4.78, 5) is 8.77. The van der Waals surface area contributed by atoms with Crippen LogP contribution in [-0.2, 0) is 0 Å². The first-order chi connectivity index (χ1) is 8.20. The second kappa shape index (κ2) is 4.95. The van der Waals surface area contributed by atoms with Gasteiger partial charge in [-0.25, -0.2) is 4.98 Å². The second-order valence-electron chi connectivity index (χ2n) is 4.14. The molecule has 17 heavy (non-hydrogen) atoms. The van der Waals surface area contributed by atoms with Crippen molar-refractivity contribution in [3.05, 3.63) is 41.7 Å². The Bertz CT molecular complexity index is 521. The SMILES string of the molecule is CCNc1cncc(-c2ccc(C)cc2C)n1. The average molecular weight is 227 g/mol. The van der Waals surface area contributed by atoms with Gasteiger partial charge in [-0.05, 0) is 26.3 Å². The molecule has 0 aliphatic heterocycles. The van der Waals surface area contributed by atoms with Crippen LogP contribution in [0.15, 0.2) is 30.6 Å². The Morgan fingerprint density at radius 2 is 2.00 bits per heavy atom. The molecule has 0 saturated heterocycles. The molecule has 0 saturated carbocycles. The highest BCUT2D eigenvalue weighted by atomic mass is 15.0. The Kier molecular flexibility index (Phi) is 3.38. The van der Waals surface area contributed by atoms with E-state index in [2.05, 4.69) is 47.3 Å². The van der Waals surface area contributed by atoms with E-state index in [1.807, 2.05) is 6.92 Å². The number of benzene rings is 1. The van der Waals surface area contributed by atoms with Crippen LogP contribution in [0.4, 0.5) is 5.82 Å². The van der Waals surface area contributed by atoms with E-state index in [0.29, 0.717) is 0 Å². The molecule has 0 amide bonds. The monoisotopic (exact) mass is 227 g/mol. The van der Waals surface area contributed by atoms with Crippen LogP contribution >= 0.6 is 0 Å². The summed E-state index contributed by atoms with van der Waals surface area (Å²) in [5.41, 5.74) is 4.55. The summed E-state index contributed by atoms with van der Waals surface area (Å²) < 4.78 is 0. The van der Waals surface area contributed by atoms with Crippen LogP contribution in [0.2, 0.25) is 0 Å². The first-order valence-electron chi connectivity index (χ1n) is 5.84. The van der Waals surface area contributed by atoms with E-state index < -0.39 is 0 Å². The third kappa shape index (κ3) is 2.61. The van der Waals surface area contributed by atoms with Gasteiger partial charge in [0.1, 0.15) is 5.82 Å². The quantitative estimate of drug-likeness (QED) is 0.875. The molecule has 1 aromatic carbocycles. The van der Waals surface area contributed by atoms with Crippen molar-refractivity contribution in [1.82, 2.24) is 9.97 Å². The van der Waals surface area contributed by atoms with Crippen molar-refractivity contribution in [2.45, 2.75) is 20.8 Å². The fourth-order valence-corrected chi connectivity index (χ4v) is 1.86. The van der Waals surface area contributed by atoms with Gasteiger partial charge in [0.05, 0.1) is 18.1 Å². The van der Waals surface area contributed by atoms with Crippen molar-refractivity contribution in [3.63, 3.8) is 0 Å². The normalized spacial score (nSPS) is 10.3. The summed E-state index contributed by atoms with van der Waals surface area (Å²) in [6.45, 7) is 7.10. The Morgan fingerprint density at radius 3 is 2.71 bits per heavy atom. The summed E-state index contributed by atoms with van der Waals surface area (Å²) in [5.74, 6) is 0.824. The van der Waals surface area contributed by atoms with Crippen LogP contribution in [0.1, 0.15) is 18.1 Å². The van der Waals surface area contributed by atoms with Crippen molar-refractivity contribution in [2.75, 3.05) is 11.9 Å². The van der Waals surface area contributed by atoms with Crippen molar-refractivity contribution >= 4 is 5.82 Å². The summed E-state index contributed by atoms with van der Waals surface area (Å²) in [6.07, 6.45) is 3.55. The van der Waals surface area contributed by atoms with Crippen molar-refractivity contribution in [1.29, 1.82) is 0 Å². The Labute approximate surface area is 102 Å². The molecule has 0 aliphatic carbocycles. The number of nitrogens with zero attached hydrogens (tertiary/aromatic N) is 2. The molecule has 0 unspecified atom stereocenters. The zero-order chi connectivity index (χ0) is 12.3. The minimum atomic E-state index is 0.824. The third-order valence-corrected chi connectivity index (χ3v) is 2.65. The van der Waals surface area contributed by atoms with Gasteiger partial charge in [-0.15, -0.1) is 0 Å². The maximum atomic E-state index is 4.55. The van der Waals surface area contributed by atoms with E-state index in [-0.39, 0.29) is 0 Å². The maximum absolute atomic E-state index is 4.55.